The summed E-state index contributed by atoms with van der Waals surface area (Å²) in [4.78, 5) is 22.4. The monoisotopic (exact) mass is 363 g/mol. The number of benzene rings is 1. The van der Waals surface area contributed by atoms with Crippen molar-refractivity contribution in [3.8, 4) is 11.4 Å². The molecule has 1 fully saturated rings. The lowest BCUT2D eigenvalue weighted by Gasteiger charge is -2.32. The number of carbonyl (C=O) groups is 1. The van der Waals surface area contributed by atoms with Crippen molar-refractivity contribution in [2.24, 2.45) is 0 Å². The Kier molecular flexibility index (Phi) is 5.20. The number of aromatic nitrogens is 3. The Morgan fingerprint density at radius 1 is 1.11 bits per heavy atom. The maximum absolute atomic E-state index is 12.5. The summed E-state index contributed by atoms with van der Waals surface area (Å²) in [5, 5.41) is 7.43. The highest BCUT2D eigenvalue weighted by atomic mass is 16.5. The molecule has 4 rings (SSSR count). The van der Waals surface area contributed by atoms with E-state index in [1.165, 1.54) is 12.0 Å². The summed E-state index contributed by atoms with van der Waals surface area (Å²) in [7, 11) is 0. The Labute approximate surface area is 157 Å². The Morgan fingerprint density at radius 3 is 2.52 bits per heavy atom. The molecule has 0 spiro atoms. The summed E-state index contributed by atoms with van der Waals surface area (Å²) in [5.41, 5.74) is 2.85. The predicted octanol–water partition coefficient (Wildman–Crippen LogP) is 2.53. The van der Waals surface area contributed by atoms with Gasteiger partial charge in [0.2, 0.25) is 12.2 Å². The number of carbonyl (C=O) groups excluding carboxylic acids is 1. The van der Waals surface area contributed by atoms with Crippen molar-refractivity contribution in [2.75, 3.05) is 13.1 Å². The summed E-state index contributed by atoms with van der Waals surface area (Å²) in [6.07, 6.45) is 6.56. The van der Waals surface area contributed by atoms with Gasteiger partial charge in [-0.15, -0.1) is 0 Å². The number of nitrogens with zero attached hydrogens (tertiary/aromatic N) is 4. The lowest BCUT2D eigenvalue weighted by atomic mass is 10.0. The van der Waals surface area contributed by atoms with Crippen LogP contribution in [0.15, 0.2) is 59.7 Å². The van der Waals surface area contributed by atoms with E-state index in [-0.39, 0.29) is 5.91 Å². The topological polar surface area (TPSA) is 84.2 Å². The minimum Gasteiger partial charge on any atom is -0.342 e. The van der Waals surface area contributed by atoms with E-state index in [2.05, 4.69) is 32.6 Å². The molecule has 0 unspecified atom stereocenters. The summed E-state index contributed by atoms with van der Waals surface area (Å²) < 4.78 is 4.78. The van der Waals surface area contributed by atoms with E-state index in [1.54, 1.807) is 24.5 Å². The highest BCUT2D eigenvalue weighted by molar-refractivity contribution is 5.94. The fraction of sp³-hybridized carbons (Fsp3) is 0.300. The first-order chi connectivity index (χ1) is 13.3. The smallest absolute Gasteiger partial charge is 0.253 e. The molecule has 1 saturated heterocycles. The van der Waals surface area contributed by atoms with Crippen LogP contribution in [-0.4, -0.2) is 45.1 Å². The van der Waals surface area contributed by atoms with Gasteiger partial charge in [0.25, 0.3) is 5.91 Å². The molecule has 0 atom stereocenters. The van der Waals surface area contributed by atoms with Crippen LogP contribution in [0, 0.1) is 0 Å². The second kappa shape index (κ2) is 8.09. The number of hydrogen-bond acceptors (Lipinski definition) is 6. The maximum atomic E-state index is 12.5. The van der Waals surface area contributed by atoms with Gasteiger partial charge >= 0.3 is 0 Å². The molecule has 3 aromatic rings. The van der Waals surface area contributed by atoms with Gasteiger partial charge in [-0.25, -0.2) is 0 Å². The Morgan fingerprint density at radius 2 is 1.85 bits per heavy atom. The molecule has 138 valence electrons. The molecule has 1 aromatic carbocycles. The van der Waals surface area contributed by atoms with Gasteiger partial charge in [0.05, 0.1) is 0 Å². The van der Waals surface area contributed by atoms with Crippen molar-refractivity contribution in [3.05, 3.63) is 66.3 Å². The fourth-order valence-corrected chi connectivity index (χ4v) is 3.30. The normalized spacial score (nSPS) is 15.0. The number of nitrogens with one attached hydrogen (secondary N) is 1. The largest absolute Gasteiger partial charge is 0.342 e. The van der Waals surface area contributed by atoms with E-state index in [4.69, 9.17) is 4.52 Å². The van der Waals surface area contributed by atoms with Crippen LogP contribution in [0.25, 0.3) is 11.4 Å². The first kappa shape index (κ1) is 17.4. The zero-order valence-electron chi connectivity index (χ0n) is 14.9. The zero-order valence-corrected chi connectivity index (χ0v) is 14.9. The number of rotatable bonds is 5. The molecule has 1 aliphatic rings. The fourth-order valence-electron chi connectivity index (χ4n) is 3.30. The van der Waals surface area contributed by atoms with Crippen molar-refractivity contribution in [3.63, 3.8) is 0 Å². The molecule has 1 N–H and O–H groups in total. The summed E-state index contributed by atoms with van der Waals surface area (Å²) >= 11 is 0. The van der Waals surface area contributed by atoms with Gasteiger partial charge in [-0.1, -0.05) is 29.4 Å². The highest BCUT2D eigenvalue weighted by Gasteiger charge is 2.23. The molecule has 27 heavy (non-hydrogen) atoms. The molecule has 0 bridgehead atoms. The van der Waals surface area contributed by atoms with E-state index >= 15 is 0 Å². The van der Waals surface area contributed by atoms with Gasteiger partial charge in [0.15, 0.2) is 0 Å². The van der Waals surface area contributed by atoms with E-state index in [0.29, 0.717) is 17.4 Å². The van der Waals surface area contributed by atoms with Gasteiger partial charge in [0.1, 0.15) is 0 Å². The number of pyridine rings is 1. The van der Waals surface area contributed by atoms with Crippen molar-refractivity contribution >= 4 is 5.91 Å². The van der Waals surface area contributed by atoms with Crippen LogP contribution in [0.1, 0.15) is 28.8 Å². The van der Waals surface area contributed by atoms with Gasteiger partial charge in [-0.05, 0) is 30.5 Å². The molecule has 7 nitrogen and oxygen atoms in total. The number of hydrogen-bond donors (Lipinski definition) is 1. The molecule has 7 heteroatoms. The first-order valence-corrected chi connectivity index (χ1v) is 9.08. The summed E-state index contributed by atoms with van der Waals surface area (Å²) in [6, 6.07) is 12.1. The number of amides is 1. The third-order valence-corrected chi connectivity index (χ3v) is 4.88. The summed E-state index contributed by atoms with van der Waals surface area (Å²) in [5.74, 6) is 0.689. The van der Waals surface area contributed by atoms with Crippen LogP contribution in [-0.2, 0) is 6.54 Å². The van der Waals surface area contributed by atoms with Crippen LogP contribution in [0.5, 0.6) is 0 Å². The quantitative estimate of drug-likeness (QED) is 0.750. The molecule has 2 aromatic heterocycles. The van der Waals surface area contributed by atoms with Crippen molar-refractivity contribution in [1.29, 1.82) is 0 Å². The molecule has 0 radical (unpaired) electrons. The second-order valence-corrected chi connectivity index (χ2v) is 6.63. The molecule has 0 aliphatic carbocycles. The van der Waals surface area contributed by atoms with Crippen LogP contribution in [0.4, 0.5) is 0 Å². The minimum absolute atomic E-state index is 0.0907. The average molecular weight is 363 g/mol. The highest BCUT2D eigenvalue weighted by Crippen LogP contribution is 2.17. The molecule has 0 saturated carbocycles. The predicted molar refractivity (Wildman–Crippen MR) is 99.7 cm³/mol. The maximum Gasteiger partial charge on any atom is 0.253 e. The Balaban J connectivity index is 1.25. The first-order valence-electron chi connectivity index (χ1n) is 9.08. The van der Waals surface area contributed by atoms with Crippen molar-refractivity contribution in [2.45, 2.75) is 25.4 Å². The lowest BCUT2D eigenvalue weighted by molar-refractivity contribution is 0.0704. The lowest BCUT2D eigenvalue weighted by Crippen LogP contribution is -2.44. The molecular formula is C20H21N5O2. The van der Waals surface area contributed by atoms with E-state index in [0.717, 1.165) is 38.0 Å². The third-order valence-electron chi connectivity index (χ3n) is 4.88. The molecular weight excluding hydrogens is 342 g/mol. The van der Waals surface area contributed by atoms with E-state index in [9.17, 15) is 4.79 Å². The van der Waals surface area contributed by atoms with Gasteiger partial charge in [-0.2, -0.15) is 4.98 Å². The van der Waals surface area contributed by atoms with Crippen molar-refractivity contribution < 1.29 is 9.32 Å². The van der Waals surface area contributed by atoms with Crippen LogP contribution in [0.2, 0.25) is 0 Å². The summed E-state index contributed by atoms with van der Waals surface area (Å²) in [6.45, 7) is 2.35. The molecule has 3 heterocycles. The standard InChI is InChI=1S/C20H21N5O2/c26-20(17-5-9-21-10-6-17)25-11-7-18(8-12-25)22-13-15-1-3-16(4-2-15)19-23-14-27-24-19/h1-6,9-10,14,18,22H,7-8,11-13H2. The van der Waals surface area contributed by atoms with Crippen LogP contribution in [0.3, 0.4) is 0 Å². The minimum atomic E-state index is 0.0907. The van der Waals surface area contributed by atoms with E-state index in [1.807, 2.05) is 17.0 Å². The average Bonchev–Trinajstić information content (AvgIpc) is 3.28. The van der Waals surface area contributed by atoms with Gasteiger partial charge in [-0.3, -0.25) is 9.78 Å². The zero-order chi connectivity index (χ0) is 18.5. The van der Waals surface area contributed by atoms with Crippen LogP contribution < -0.4 is 5.32 Å². The van der Waals surface area contributed by atoms with Crippen LogP contribution >= 0.6 is 0 Å². The van der Waals surface area contributed by atoms with Gasteiger partial charge in [0, 0.05) is 49.2 Å². The Hall–Kier alpha value is -3.06. The molecule has 1 aliphatic heterocycles. The van der Waals surface area contributed by atoms with E-state index < -0.39 is 0 Å². The molecule has 1 amide bonds. The second-order valence-electron chi connectivity index (χ2n) is 6.63. The Bertz CT molecular complexity index is 857. The third kappa shape index (κ3) is 4.20. The van der Waals surface area contributed by atoms with Crippen molar-refractivity contribution in [1.82, 2.24) is 25.3 Å². The number of piperidine rings is 1. The number of likely N-dealkylation sites (tertiary alicyclic amines) is 1. The van der Waals surface area contributed by atoms with Gasteiger partial charge < -0.3 is 14.7 Å². The SMILES string of the molecule is O=C(c1ccncc1)N1CCC(NCc2ccc(-c3ncon3)cc2)CC1.